The number of anilines is 1. The number of hydrogen-bond donors (Lipinski definition) is 2. The van der Waals surface area contributed by atoms with Crippen LogP contribution < -0.4 is 10.6 Å². The predicted molar refractivity (Wildman–Crippen MR) is 81.7 cm³/mol. The van der Waals surface area contributed by atoms with Gasteiger partial charge >= 0.3 is 0 Å². The SMILES string of the molecule is CCc1cccc(NC(=O)CC2CC3CCC(C2)N3)c1. The van der Waals surface area contributed by atoms with Crippen LogP contribution in [-0.4, -0.2) is 18.0 Å². The molecular weight excluding hydrogens is 248 g/mol. The summed E-state index contributed by atoms with van der Waals surface area (Å²) in [5.74, 6) is 0.729. The van der Waals surface area contributed by atoms with Crippen LogP contribution in [0.5, 0.6) is 0 Å². The zero-order valence-electron chi connectivity index (χ0n) is 12.2. The fourth-order valence-electron chi connectivity index (χ4n) is 3.68. The maximum atomic E-state index is 12.2. The number of aryl methyl sites for hydroxylation is 1. The average Bonchev–Trinajstić information content (AvgIpc) is 2.78. The Bertz CT molecular complexity index is 474. The lowest BCUT2D eigenvalue weighted by atomic mass is 9.89. The third kappa shape index (κ3) is 3.21. The molecule has 3 heteroatoms. The van der Waals surface area contributed by atoms with Crippen LogP contribution in [0.4, 0.5) is 5.69 Å². The summed E-state index contributed by atoms with van der Waals surface area (Å²) in [4.78, 5) is 12.2. The zero-order valence-corrected chi connectivity index (χ0v) is 12.2. The molecule has 0 saturated carbocycles. The third-order valence-electron chi connectivity index (χ3n) is 4.66. The summed E-state index contributed by atoms with van der Waals surface area (Å²) in [7, 11) is 0. The van der Waals surface area contributed by atoms with Crippen LogP contribution in [0.2, 0.25) is 0 Å². The first-order chi connectivity index (χ1) is 9.72. The summed E-state index contributed by atoms with van der Waals surface area (Å²) in [5.41, 5.74) is 2.20. The standard InChI is InChI=1S/C17H24N2O/c1-2-12-4-3-5-14(8-12)19-17(20)11-13-9-15-6-7-16(10-13)18-15/h3-5,8,13,15-16,18H,2,6-7,9-11H2,1H3,(H,19,20). The molecule has 2 fully saturated rings. The molecule has 1 aromatic carbocycles. The van der Waals surface area contributed by atoms with E-state index in [0.717, 1.165) is 12.1 Å². The van der Waals surface area contributed by atoms with Gasteiger partial charge in [0.25, 0.3) is 0 Å². The van der Waals surface area contributed by atoms with Gasteiger partial charge in [-0.25, -0.2) is 0 Å². The maximum absolute atomic E-state index is 12.2. The molecule has 2 atom stereocenters. The van der Waals surface area contributed by atoms with E-state index in [2.05, 4.69) is 29.7 Å². The molecular formula is C17H24N2O. The minimum absolute atomic E-state index is 0.171. The third-order valence-corrected chi connectivity index (χ3v) is 4.66. The second-order valence-corrected chi connectivity index (χ2v) is 6.28. The van der Waals surface area contributed by atoms with E-state index in [9.17, 15) is 4.79 Å². The molecule has 108 valence electrons. The van der Waals surface area contributed by atoms with Gasteiger partial charge in [0.05, 0.1) is 0 Å². The van der Waals surface area contributed by atoms with Crippen LogP contribution in [0, 0.1) is 5.92 Å². The van der Waals surface area contributed by atoms with Crippen LogP contribution in [0.1, 0.15) is 44.6 Å². The normalized spacial score (nSPS) is 28.4. The Morgan fingerprint density at radius 3 is 2.75 bits per heavy atom. The van der Waals surface area contributed by atoms with Gasteiger partial charge in [0.1, 0.15) is 0 Å². The van der Waals surface area contributed by atoms with Gasteiger partial charge in [-0.15, -0.1) is 0 Å². The van der Waals surface area contributed by atoms with Crippen molar-refractivity contribution in [2.45, 2.75) is 57.5 Å². The fourth-order valence-corrected chi connectivity index (χ4v) is 3.68. The van der Waals surface area contributed by atoms with Crippen molar-refractivity contribution in [3.05, 3.63) is 29.8 Å². The Labute approximate surface area is 121 Å². The summed E-state index contributed by atoms with van der Waals surface area (Å²) < 4.78 is 0. The highest BCUT2D eigenvalue weighted by atomic mass is 16.1. The maximum Gasteiger partial charge on any atom is 0.224 e. The summed E-state index contributed by atoms with van der Waals surface area (Å²) in [5, 5.41) is 6.68. The molecule has 2 bridgehead atoms. The number of amides is 1. The monoisotopic (exact) mass is 272 g/mol. The van der Waals surface area contributed by atoms with Gasteiger partial charge in [-0.05, 0) is 55.7 Å². The van der Waals surface area contributed by atoms with E-state index in [0.29, 0.717) is 24.4 Å². The summed E-state index contributed by atoms with van der Waals surface area (Å²) in [6.07, 6.45) is 6.59. The number of carbonyl (C=O) groups excluding carboxylic acids is 1. The molecule has 2 aliphatic rings. The first-order valence-corrected chi connectivity index (χ1v) is 7.87. The largest absolute Gasteiger partial charge is 0.326 e. The lowest BCUT2D eigenvalue weighted by molar-refractivity contribution is -0.117. The first-order valence-electron chi connectivity index (χ1n) is 7.87. The number of benzene rings is 1. The first kappa shape index (κ1) is 13.6. The van der Waals surface area contributed by atoms with Crippen molar-refractivity contribution in [1.82, 2.24) is 5.32 Å². The van der Waals surface area contributed by atoms with Crippen molar-refractivity contribution in [2.75, 3.05) is 5.32 Å². The van der Waals surface area contributed by atoms with Gasteiger partial charge in [-0.3, -0.25) is 4.79 Å². The second-order valence-electron chi connectivity index (χ2n) is 6.28. The molecule has 3 rings (SSSR count). The van der Waals surface area contributed by atoms with Crippen LogP contribution in [-0.2, 0) is 11.2 Å². The van der Waals surface area contributed by atoms with E-state index in [4.69, 9.17) is 0 Å². The quantitative estimate of drug-likeness (QED) is 0.884. The van der Waals surface area contributed by atoms with E-state index < -0.39 is 0 Å². The molecule has 0 radical (unpaired) electrons. The molecule has 2 heterocycles. The topological polar surface area (TPSA) is 41.1 Å². The Hall–Kier alpha value is -1.35. The highest BCUT2D eigenvalue weighted by Crippen LogP contribution is 2.32. The fraction of sp³-hybridized carbons (Fsp3) is 0.588. The number of piperidine rings is 1. The molecule has 20 heavy (non-hydrogen) atoms. The van der Waals surface area contributed by atoms with E-state index >= 15 is 0 Å². The molecule has 3 nitrogen and oxygen atoms in total. The van der Waals surface area contributed by atoms with Gasteiger partial charge in [0.15, 0.2) is 0 Å². The molecule has 2 aliphatic heterocycles. The molecule has 0 aliphatic carbocycles. The molecule has 2 N–H and O–H groups in total. The molecule has 1 amide bonds. The minimum Gasteiger partial charge on any atom is -0.326 e. The van der Waals surface area contributed by atoms with Gasteiger partial charge < -0.3 is 10.6 Å². The van der Waals surface area contributed by atoms with Gasteiger partial charge in [-0.2, -0.15) is 0 Å². The molecule has 2 saturated heterocycles. The average molecular weight is 272 g/mol. The van der Waals surface area contributed by atoms with Crippen molar-refractivity contribution in [2.24, 2.45) is 5.92 Å². The van der Waals surface area contributed by atoms with E-state index in [1.54, 1.807) is 0 Å². The highest BCUT2D eigenvalue weighted by Gasteiger charge is 2.34. The number of hydrogen-bond acceptors (Lipinski definition) is 2. The van der Waals surface area contributed by atoms with Crippen molar-refractivity contribution in [3.63, 3.8) is 0 Å². The smallest absolute Gasteiger partial charge is 0.224 e. The molecule has 0 aromatic heterocycles. The number of rotatable bonds is 4. The van der Waals surface area contributed by atoms with Crippen molar-refractivity contribution >= 4 is 11.6 Å². The molecule has 0 spiro atoms. The minimum atomic E-state index is 0.171. The Morgan fingerprint density at radius 1 is 1.30 bits per heavy atom. The molecule has 2 unspecified atom stereocenters. The van der Waals surface area contributed by atoms with Crippen LogP contribution >= 0.6 is 0 Å². The van der Waals surface area contributed by atoms with Crippen LogP contribution in [0.15, 0.2) is 24.3 Å². The van der Waals surface area contributed by atoms with E-state index in [1.807, 2.05) is 12.1 Å². The van der Waals surface area contributed by atoms with E-state index in [1.165, 1.54) is 31.2 Å². The van der Waals surface area contributed by atoms with Crippen molar-refractivity contribution in [1.29, 1.82) is 0 Å². The lowest BCUT2D eigenvalue weighted by Crippen LogP contribution is -2.39. The number of fused-ring (bicyclic) bond motifs is 2. The Balaban J connectivity index is 1.54. The van der Waals surface area contributed by atoms with Gasteiger partial charge in [-0.1, -0.05) is 19.1 Å². The predicted octanol–water partition coefficient (Wildman–Crippen LogP) is 3.11. The summed E-state index contributed by atoms with van der Waals surface area (Å²) in [6.45, 7) is 2.13. The highest BCUT2D eigenvalue weighted by molar-refractivity contribution is 5.90. The van der Waals surface area contributed by atoms with E-state index in [-0.39, 0.29) is 5.91 Å². The lowest BCUT2D eigenvalue weighted by Gasteiger charge is -2.28. The molecule has 1 aromatic rings. The van der Waals surface area contributed by atoms with Crippen molar-refractivity contribution in [3.8, 4) is 0 Å². The number of nitrogens with one attached hydrogen (secondary N) is 2. The Morgan fingerprint density at radius 2 is 2.05 bits per heavy atom. The van der Waals surface area contributed by atoms with Gasteiger partial charge in [0, 0.05) is 24.2 Å². The Kier molecular flexibility index (Phi) is 4.06. The second kappa shape index (κ2) is 5.96. The zero-order chi connectivity index (χ0) is 13.9. The van der Waals surface area contributed by atoms with Crippen molar-refractivity contribution < 1.29 is 4.79 Å². The van der Waals surface area contributed by atoms with Gasteiger partial charge in [0.2, 0.25) is 5.91 Å². The van der Waals surface area contributed by atoms with Crippen LogP contribution in [0.25, 0.3) is 0 Å². The summed E-state index contributed by atoms with van der Waals surface area (Å²) in [6, 6.07) is 9.48. The van der Waals surface area contributed by atoms with Crippen LogP contribution in [0.3, 0.4) is 0 Å². The number of carbonyl (C=O) groups is 1. The summed E-state index contributed by atoms with van der Waals surface area (Å²) >= 11 is 0.